The fourth-order valence-corrected chi connectivity index (χ4v) is 4.84. The predicted molar refractivity (Wildman–Crippen MR) is 130 cm³/mol. The van der Waals surface area contributed by atoms with Crippen LogP contribution in [0.3, 0.4) is 0 Å². The molecule has 1 aromatic heterocycles. The van der Waals surface area contributed by atoms with E-state index in [2.05, 4.69) is 0 Å². The summed E-state index contributed by atoms with van der Waals surface area (Å²) in [6.45, 7) is 4.71. The van der Waals surface area contributed by atoms with Gasteiger partial charge in [0.05, 0.1) is 19.3 Å². The van der Waals surface area contributed by atoms with E-state index < -0.39 is 0 Å². The van der Waals surface area contributed by atoms with E-state index in [1.165, 1.54) is 12.1 Å². The third-order valence-corrected chi connectivity index (χ3v) is 6.68. The molecule has 1 saturated heterocycles. The second kappa shape index (κ2) is 10.5. The summed E-state index contributed by atoms with van der Waals surface area (Å²) in [7, 11) is 0. The Morgan fingerprint density at radius 3 is 2.67 bits per heavy atom. The largest absolute Gasteiger partial charge is 0.486 e. The van der Waals surface area contributed by atoms with Crippen molar-refractivity contribution >= 4 is 11.8 Å². The fourth-order valence-electron chi connectivity index (χ4n) is 4.84. The van der Waals surface area contributed by atoms with Crippen LogP contribution in [0.2, 0.25) is 0 Å². The Hall–Kier alpha value is -3.65. The summed E-state index contributed by atoms with van der Waals surface area (Å²) < 4.78 is 31.2. The highest BCUT2D eigenvalue weighted by Gasteiger charge is 2.32. The summed E-state index contributed by atoms with van der Waals surface area (Å²) in [5.74, 6) is 0.954. The van der Waals surface area contributed by atoms with E-state index in [4.69, 9.17) is 13.9 Å². The summed E-state index contributed by atoms with van der Waals surface area (Å²) in [5, 5.41) is 0. The molecule has 0 aliphatic carbocycles. The number of carbonyl (C=O) groups excluding carboxylic acids is 2. The molecule has 0 bridgehead atoms. The molecule has 5 rings (SSSR count). The summed E-state index contributed by atoms with van der Waals surface area (Å²) in [6, 6.07) is 15.2. The number of nitrogens with zero attached hydrogens (tertiary/aromatic N) is 2. The molecule has 188 valence electrons. The van der Waals surface area contributed by atoms with Gasteiger partial charge in [0.1, 0.15) is 23.9 Å². The van der Waals surface area contributed by atoms with E-state index in [1.54, 1.807) is 23.1 Å². The lowest BCUT2D eigenvalue weighted by Crippen LogP contribution is -2.40. The molecular formula is C28H29FN2O5. The lowest BCUT2D eigenvalue weighted by molar-refractivity contribution is -0.132. The number of hydrogen-bond acceptors (Lipinski definition) is 5. The molecule has 0 N–H and O–H groups in total. The molecule has 0 saturated carbocycles. The lowest BCUT2D eigenvalue weighted by Gasteiger charge is -2.38. The van der Waals surface area contributed by atoms with Crippen molar-refractivity contribution in [3.63, 3.8) is 0 Å². The van der Waals surface area contributed by atoms with Gasteiger partial charge in [-0.2, -0.15) is 0 Å². The Kier molecular flexibility index (Phi) is 7.04. The highest BCUT2D eigenvalue weighted by molar-refractivity contribution is 5.91. The Balaban J connectivity index is 1.35. The van der Waals surface area contributed by atoms with Gasteiger partial charge in [-0.3, -0.25) is 9.59 Å². The van der Waals surface area contributed by atoms with E-state index in [0.29, 0.717) is 50.8 Å². The second-order valence-electron chi connectivity index (χ2n) is 8.97. The van der Waals surface area contributed by atoms with Crippen molar-refractivity contribution in [3.05, 3.63) is 88.6 Å². The quantitative estimate of drug-likeness (QED) is 0.512. The zero-order chi connectivity index (χ0) is 25.1. The monoisotopic (exact) mass is 492 g/mol. The van der Waals surface area contributed by atoms with Gasteiger partial charge in [-0.15, -0.1) is 0 Å². The number of hydrogen-bond donors (Lipinski definition) is 0. The Morgan fingerprint density at radius 2 is 1.89 bits per heavy atom. The Bertz CT molecular complexity index is 1250. The van der Waals surface area contributed by atoms with E-state index in [0.717, 1.165) is 23.1 Å². The number of morpholine rings is 1. The van der Waals surface area contributed by atoms with Crippen LogP contribution in [0.4, 0.5) is 4.39 Å². The number of amides is 2. The summed E-state index contributed by atoms with van der Waals surface area (Å²) in [6.07, 6.45) is 1.10. The topological polar surface area (TPSA) is 72.2 Å². The van der Waals surface area contributed by atoms with Crippen LogP contribution >= 0.6 is 0 Å². The first-order valence-corrected chi connectivity index (χ1v) is 12.3. The number of rotatable bonds is 6. The van der Waals surface area contributed by atoms with Crippen LogP contribution in [0.25, 0.3) is 0 Å². The Morgan fingerprint density at radius 1 is 1.06 bits per heavy atom. The van der Waals surface area contributed by atoms with Crippen LogP contribution in [0.5, 0.6) is 5.75 Å². The zero-order valence-corrected chi connectivity index (χ0v) is 20.2. The van der Waals surface area contributed by atoms with Gasteiger partial charge in [0.15, 0.2) is 5.76 Å². The van der Waals surface area contributed by atoms with Crippen molar-refractivity contribution < 1.29 is 27.9 Å². The average molecular weight is 493 g/mol. The first-order chi connectivity index (χ1) is 17.5. The molecule has 2 aliphatic rings. The fraction of sp³-hybridized carbons (Fsp3) is 0.357. The smallest absolute Gasteiger partial charge is 0.289 e. The standard InChI is InChI=1S/C28H29FN2O5/c1-2-26(32)31-11-10-19-6-7-22(17-24(19)27(31)20-4-3-5-21(29)16-20)35-18-23-8-9-25(36-23)28(33)30-12-14-34-15-13-30/h3-9,16-17,27H,2,10-15,18H2,1H3/t27-/m0/s1. The minimum absolute atomic E-state index is 0.0225. The van der Waals surface area contributed by atoms with Crippen LogP contribution in [0.1, 0.15) is 52.4 Å². The zero-order valence-electron chi connectivity index (χ0n) is 20.2. The second-order valence-corrected chi connectivity index (χ2v) is 8.97. The van der Waals surface area contributed by atoms with Gasteiger partial charge in [0.2, 0.25) is 5.91 Å². The van der Waals surface area contributed by atoms with E-state index in [9.17, 15) is 14.0 Å². The third kappa shape index (κ3) is 4.99. The van der Waals surface area contributed by atoms with E-state index in [1.807, 2.05) is 36.1 Å². The number of fused-ring (bicyclic) bond motifs is 1. The van der Waals surface area contributed by atoms with Crippen molar-refractivity contribution in [2.45, 2.75) is 32.4 Å². The van der Waals surface area contributed by atoms with Crippen LogP contribution in [-0.4, -0.2) is 54.5 Å². The minimum Gasteiger partial charge on any atom is -0.486 e. The van der Waals surface area contributed by atoms with Gasteiger partial charge in [-0.05, 0) is 59.5 Å². The lowest BCUT2D eigenvalue weighted by atomic mass is 9.87. The predicted octanol–water partition coefficient (Wildman–Crippen LogP) is 4.35. The van der Waals surface area contributed by atoms with Gasteiger partial charge in [0, 0.05) is 26.1 Å². The van der Waals surface area contributed by atoms with Crippen LogP contribution in [-0.2, 0) is 22.6 Å². The van der Waals surface area contributed by atoms with Crippen molar-refractivity contribution in [2.24, 2.45) is 0 Å². The molecule has 2 aromatic carbocycles. The van der Waals surface area contributed by atoms with Crippen molar-refractivity contribution in [1.82, 2.24) is 9.80 Å². The summed E-state index contributed by atoms with van der Waals surface area (Å²) in [5.41, 5.74) is 2.76. The number of furan rings is 1. The van der Waals surface area contributed by atoms with Crippen molar-refractivity contribution in [1.29, 1.82) is 0 Å². The molecule has 0 unspecified atom stereocenters. The normalized spacial score (nSPS) is 17.6. The van der Waals surface area contributed by atoms with Crippen LogP contribution in [0.15, 0.2) is 59.0 Å². The van der Waals surface area contributed by atoms with Crippen molar-refractivity contribution in [3.8, 4) is 5.75 Å². The average Bonchev–Trinajstić information content (AvgIpc) is 3.40. The maximum absolute atomic E-state index is 14.1. The summed E-state index contributed by atoms with van der Waals surface area (Å²) >= 11 is 0. The van der Waals surface area contributed by atoms with Gasteiger partial charge in [0.25, 0.3) is 5.91 Å². The van der Waals surface area contributed by atoms with Crippen molar-refractivity contribution in [2.75, 3.05) is 32.8 Å². The van der Waals surface area contributed by atoms with Gasteiger partial charge in [-0.1, -0.05) is 25.1 Å². The first-order valence-electron chi connectivity index (χ1n) is 12.3. The molecular weight excluding hydrogens is 463 g/mol. The molecule has 1 fully saturated rings. The molecule has 8 heteroatoms. The molecule has 3 aromatic rings. The molecule has 0 radical (unpaired) electrons. The number of halogens is 1. The molecule has 36 heavy (non-hydrogen) atoms. The third-order valence-electron chi connectivity index (χ3n) is 6.68. The molecule has 0 spiro atoms. The molecule has 2 amide bonds. The molecule has 2 aliphatic heterocycles. The molecule has 1 atom stereocenters. The minimum atomic E-state index is -0.387. The highest BCUT2D eigenvalue weighted by Crippen LogP contribution is 2.38. The van der Waals surface area contributed by atoms with Crippen LogP contribution in [0, 0.1) is 5.82 Å². The SMILES string of the molecule is CCC(=O)N1CCc2ccc(OCc3ccc(C(=O)N4CCOCC4)o3)cc2[C@@H]1c1cccc(F)c1. The highest BCUT2D eigenvalue weighted by atomic mass is 19.1. The number of ether oxygens (including phenoxy) is 2. The maximum atomic E-state index is 14.1. The van der Waals surface area contributed by atoms with Gasteiger partial charge >= 0.3 is 0 Å². The van der Waals surface area contributed by atoms with Gasteiger partial charge < -0.3 is 23.7 Å². The number of benzene rings is 2. The molecule has 7 nitrogen and oxygen atoms in total. The Labute approximate surface area is 209 Å². The van der Waals surface area contributed by atoms with E-state index >= 15 is 0 Å². The van der Waals surface area contributed by atoms with Crippen LogP contribution < -0.4 is 4.74 Å². The van der Waals surface area contributed by atoms with Gasteiger partial charge in [-0.25, -0.2) is 4.39 Å². The maximum Gasteiger partial charge on any atom is 0.289 e. The van der Waals surface area contributed by atoms with E-state index in [-0.39, 0.29) is 36.0 Å². The first kappa shape index (κ1) is 24.1. The molecule has 3 heterocycles. The number of carbonyl (C=O) groups is 2. The summed E-state index contributed by atoms with van der Waals surface area (Å²) in [4.78, 5) is 28.9.